The molecule has 1 heterocycles. The first-order chi connectivity index (χ1) is 7.02. The predicted octanol–water partition coefficient (Wildman–Crippen LogP) is 2.59. The highest BCUT2D eigenvalue weighted by Crippen LogP contribution is 2.32. The van der Waals surface area contributed by atoms with Crippen LogP contribution < -0.4 is 5.73 Å². The second-order valence-corrected chi connectivity index (χ2v) is 4.40. The minimum atomic E-state index is 0.405. The van der Waals surface area contributed by atoms with Crippen LogP contribution in [0.1, 0.15) is 30.9 Å². The Kier molecular flexibility index (Phi) is 2.18. The van der Waals surface area contributed by atoms with Gasteiger partial charge in [-0.25, -0.2) is 4.98 Å². The number of anilines is 1. The van der Waals surface area contributed by atoms with Gasteiger partial charge in [-0.15, -0.1) is 0 Å². The quantitative estimate of drug-likeness (QED) is 0.724. The molecule has 80 valence electrons. The summed E-state index contributed by atoms with van der Waals surface area (Å²) < 4.78 is 2.04. The smallest absolute Gasteiger partial charge is 0.0955 e. The second-order valence-electron chi connectivity index (χ2n) is 4.40. The molecule has 0 radical (unpaired) electrons. The van der Waals surface area contributed by atoms with E-state index in [0.717, 1.165) is 22.3 Å². The Labute approximate surface area is 89.9 Å². The van der Waals surface area contributed by atoms with Crippen molar-refractivity contribution in [1.82, 2.24) is 9.55 Å². The molecular weight excluding hydrogens is 186 g/mol. The fraction of sp³-hybridized carbons (Fsp3) is 0.417. The number of nitrogens with two attached hydrogens (primary N) is 1. The van der Waals surface area contributed by atoms with E-state index in [4.69, 9.17) is 5.73 Å². The molecule has 2 rings (SSSR count). The first-order valence-electron chi connectivity index (χ1n) is 5.22. The van der Waals surface area contributed by atoms with Gasteiger partial charge in [-0.3, -0.25) is 0 Å². The Bertz CT molecular complexity index is 509. The average molecular weight is 203 g/mol. The molecule has 0 aliphatic heterocycles. The van der Waals surface area contributed by atoms with Crippen molar-refractivity contribution < 1.29 is 0 Å². The summed E-state index contributed by atoms with van der Waals surface area (Å²) in [6.07, 6.45) is 1.84. The van der Waals surface area contributed by atoms with Gasteiger partial charge in [-0.1, -0.05) is 13.8 Å². The van der Waals surface area contributed by atoms with E-state index in [-0.39, 0.29) is 0 Å². The van der Waals surface area contributed by atoms with Crippen LogP contribution in [0.2, 0.25) is 0 Å². The van der Waals surface area contributed by atoms with E-state index in [9.17, 15) is 0 Å². The third-order valence-electron chi connectivity index (χ3n) is 2.88. The molecule has 0 aliphatic carbocycles. The number of imidazole rings is 1. The largest absolute Gasteiger partial charge is 0.398 e. The van der Waals surface area contributed by atoms with Crippen LogP contribution in [0.4, 0.5) is 5.69 Å². The molecule has 1 aromatic carbocycles. The van der Waals surface area contributed by atoms with Gasteiger partial charge in [-0.2, -0.15) is 0 Å². The van der Waals surface area contributed by atoms with Crippen molar-refractivity contribution in [1.29, 1.82) is 0 Å². The van der Waals surface area contributed by atoms with Crippen LogP contribution in [-0.2, 0) is 7.05 Å². The van der Waals surface area contributed by atoms with E-state index >= 15 is 0 Å². The van der Waals surface area contributed by atoms with Crippen molar-refractivity contribution in [2.24, 2.45) is 7.05 Å². The number of rotatable bonds is 1. The zero-order valence-electron chi connectivity index (χ0n) is 9.70. The molecule has 2 N–H and O–H groups in total. The third-order valence-corrected chi connectivity index (χ3v) is 2.88. The van der Waals surface area contributed by atoms with E-state index in [1.807, 2.05) is 24.9 Å². The van der Waals surface area contributed by atoms with Gasteiger partial charge < -0.3 is 10.3 Å². The molecule has 3 heteroatoms. The summed E-state index contributed by atoms with van der Waals surface area (Å²) in [5, 5.41) is 0. The predicted molar refractivity (Wildman–Crippen MR) is 64.0 cm³/mol. The molecule has 0 bridgehead atoms. The van der Waals surface area contributed by atoms with E-state index < -0.39 is 0 Å². The molecule has 3 nitrogen and oxygen atoms in total. The van der Waals surface area contributed by atoms with Gasteiger partial charge in [0.05, 0.1) is 17.4 Å². The summed E-state index contributed by atoms with van der Waals surface area (Å²) in [6.45, 7) is 6.35. The zero-order valence-corrected chi connectivity index (χ0v) is 9.70. The number of hydrogen-bond donors (Lipinski definition) is 1. The van der Waals surface area contributed by atoms with Crippen LogP contribution in [0.5, 0.6) is 0 Å². The van der Waals surface area contributed by atoms with Crippen LogP contribution in [0.15, 0.2) is 12.4 Å². The van der Waals surface area contributed by atoms with E-state index in [1.165, 1.54) is 5.56 Å². The molecule has 0 fully saturated rings. The van der Waals surface area contributed by atoms with Gasteiger partial charge in [-0.05, 0) is 24.5 Å². The Morgan fingerprint density at radius 1 is 1.40 bits per heavy atom. The minimum Gasteiger partial charge on any atom is -0.398 e. The Balaban J connectivity index is 2.90. The summed E-state index contributed by atoms with van der Waals surface area (Å²) in [5.74, 6) is 0.405. The van der Waals surface area contributed by atoms with Crippen LogP contribution in [0.3, 0.4) is 0 Å². The van der Waals surface area contributed by atoms with Gasteiger partial charge in [0.2, 0.25) is 0 Å². The van der Waals surface area contributed by atoms with Crippen molar-refractivity contribution in [2.45, 2.75) is 26.7 Å². The molecule has 0 saturated heterocycles. The number of hydrogen-bond acceptors (Lipinski definition) is 2. The van der Waals surface area contributed by atoms with Crippen molar-refractivity contribution in [2.75, 3.05) is 5.73 Å². The molecule has 1 aromatic heterocycles. The lowest BCUT2D eigenvalue weighted by molar-refractivity contribution is 0.875. The molecule has 0 unspecified atom stereocenters. The molecule has 15 heavy (non-hydrogen) atoms. The number of aryl methyl sites for hydroxylation is 2. The summed E-state index contributed by atoms with van der Waals surface area (Å²) in [5.41, 5.74) is 11.5. The topological polar surface area (TPSA) is 43.8 Å². The summed E-state index contributed by atoms with van der Waals surface area (Å²) in [7, 11) is 2.01. The maximum absolute atomic E-state index is 6.11. The van der Waals surface area contributed by atoms with E-state index in [0.29, 0.717) is 5.92 Å². The van der Waals surface area contributed by atoms with E-state index in [2.05, 4.69) is 24.9 Å². The highest BCUT2D eigenvalue weighted by atomic mass is 15.0. The van der Waals surface area contributed by atoms with Gasteiger partial charge in [0.25, 0.3) is 0 Å². The van der Waals surface area contributed by atoms with Crippen molar-refractivity contribution in [3.63, 3.8) is 0 Å². The third kappa shape index (κ3) is 1.39. The second kappa shape index (κ2) is 3.26. The summed E-state index contributed by atoms with van der Waals surface area (Å²) in [6, 6.07) is 2.10. The fourth-order valence-corrected chi connectivity index (χ4v) is 2.02. The number of fused-ring (bicyclic) bond motifs is 1. The molecule has 0 saturated carbocycles. The number of aromatic nitrogens is 2. The number of nitrogen functional groups attached to an aromatic ring is 1. The van der Waals surface area contributed by atoms with Crippen LogP contribution in [0, 0.1) is 6.92 Å². The van der Waals surface area contributed by atoms with Crippen LogP contribution >= 0.6 is 0 Å². The first kappa shape index (κ1) is 10.0. The average Bonchev–Trinajstić information content (AvgIpc) is 2.49. The van der Waals surface area contributed by atoms with Crippen molar-refractivity contribution >= 4 is 16.7 Å². The number of nitrogens with zero attached hydrogens (tertiary/aromatic N) is 2. The molecule has 0 spiro atoms. The normalized spacial score (nSPS) is 11.5. The van der Waals surface area contributed by atoms with Crippen LogP contribution in [-0.4, -0.2) is 9.55 Å². The highest BCUT2D eigenvalue weighted by molar-refractivity contribution is 5.86. The molecular formula is C12H17N3. The van der Waals surface area contributed by atoms with Gasteiger partial charge in [0.15, 0.2) is 0 Å². The minimum absolute atomic E-state index is 0.405. The monoisotopic (exact) mass is 203 g/mol. The maximum Gasteiger partial charge on any atom is 0.0955 e. The molecule has 0 amide bonds. The summed E-state index contributed by atoms with van der Waals surface area (Å²) in [4.78, 5) is 4.42. The Morgan fingerprint density at radius 3 is 2.67 bits per heavy atom. The summed E-state index contributed by atoms with van der Waals surface area (Å²) >= 11 is 0. The molecule has 2 aromatic rings. The lowest BCUT2D eigenvalue weighted by Crippen LogP contribution is -2.01. The SMILES string of the molecule is Cc1cc2c(ncn2C)c(C(C)C)c1N. The fourth-order valence-electron chi connectivity index (χ4n) is 2.02. The highest BCUT2D eigenvalue weighted by Gasteiger charge is 2.14. The molecule has 0 atom stereocenters. The van der Waals surface area contributed by atoms with Gasteiger partial charge in [0, 0.05) is 18.3 Å². The number of benzene rings is 1. The van der Waals surface area contributed by atoms with Gasteiger partial charge in [0.1, 0.15) is 0 Å². The van der Waals surface area contributed by atoms with Crippen molar-refractivity contribution in [3.05, 3.63) is 23.5 Å². The lowest BCUT2D eigenvalue weighted by Gasteiger charge is -2.13. The maximum atomic E-state index is 6.11. The van der Waals surface area contributed by atoms with Gasteiger partial charge >= 0.3 is 0 Å². The first-order valence-corrected chi connectivity index (χ1v) is 5.22. The Morgan fingerprint density at radius 2 is 2.07 bits per heavy atom. The Hall–Kier alpha value is -1.51. The van der Waals surface area contributed by atoms with Crippen molar-refractivity contribution in [3.8, 4) is 0 Å². The van der Waals surface area contributed by atoms with Crippen LogP contribution in [0.25, 0.3) is 11.0 Å². The van der Waals surface area contributed by atoms with E-state index in [1.54, 1.807) is 0 Å². The lowest BCUT2D eigenvalue weighted by atomic mass is 9.96. The zero-order chi connectivity index (χ0) is 11.2. The molecule has 0 aliphatic rings. The standard InChI is InChI=1S/C12H17N3/c1-7(2)10-11(13)8(3)5-9-12(10)14-6-15(9)4/h5-7H,13H2,1-4H3.